The second-order valence-corrected chi connectivity index (χ2v) is 3.90. The van der Waals surface area contributed by atoms with Crippen LogP contribution in [0.5, 0.6) is 5.75 Å². The summed E-state index contributed by atoms with van der Waals surface area (Å²) in [6, 6.07) is 2.05. The fourth-order valence-corrected chi connectivity index (χ4v) is 1.63. The molecule has 1 rings (SSSR count). The molecule has 0 spiro atoms. The van der Waals surface area contributed by atoms with E-state index in [1.54, 1.807) is 0 Å². The Morgan fingerprint density at radius 2 is 2.06 bits per heavy atom. The molecule has 1 atom stereocenters. The van der Waals surface area contributed by atoms with Gasteiger partial charge in [-0.3, -0.25) is 0 Å². The average molecular weight is 312 g/mol. The molecule has 6 N–H and O–H groups in total. The molecule has 0 radical (unpaired) electrons. The number of phenols is 1. The summed E-state index contributed by atoms with van der Waals surface area (Å²) in [5, 5.41) is 18.4. The van der Waals surface area contributed by atoms with E-state index in [0.29, 0.717) is 10.0 Å². The Labute approximate surface area is 107 Å². The fraction of sp³-hybridized carbons (Fsp3) is 0.222. The maximum atomic E-state index is 10.8. The van der Waals surface area contributed by atoms with Crippen LogP contribution >= 0.6 is 28.3 Å². The predicted octanol–water partition coefficient (Wildman–Crippen LogP) is 1.23. The summed E-state index contributed by atoms with van der Waals surface area (Å²) >= 11 is 3.05. The number of hydrogen-bond acceptors (Lipinski definition) is 4. The van der Waals surface area contributed by atoms with Gasteiger partial charge in [0.05, 0.1) is 10.0 Å². The predicted molar refractivity (Wildman–Crippen MR) is 66.0 cm³/mol. The molecule has 0 fully saturated rings. The van der Waals surface area contributed by atoms with Gasteiger partial charge in [-0.15, -0.1) is 12.4 Å². The molecule has 0 bridgehead atoms. The topological polar surface area (TPSA) is 110 Å². The molecule has 1 aromatic carbocycles. The van der Waals surface area contributed by atoms with E-state index in [-0.39, 0.29) is 30.3 Å². The molecule has 1 aromatic rings. The van der Waals surface area contributed by atoms with Crippen LogP contribution in [0.4, 0.5) is 0 Å². The standard InChI is InChI=1S/C9H11BrN2O3.ClH/c10-6-2-4(9(14)15)1-5(8(6)13)7(12)3-11;/h1-2,7,13H,3,11-12H2,(H,14,15);1H/t7-;/m0./s1. The van der Waals surface area contributed by atoms with Crippen LogP contribution in [0.3, 0.4) is 0 Å². The van der Waals surface area contributed by atoms with Gasteiger partial charge in [0.25, 0.3) is 0 Å². The van der Waals surface area contributed by atoms with Gasteiger partial charge < -0.3 is 21.7 Å². The van der Waals surface area contributed by atoms with Gasteiger partial charge in [0.1, 0.15) is 5.75 Å². The molecule has 16 heavy (non-hydrogen) atoms. The summed E-state index contributed by atoms with van der Waals surface area (Å²) in [5.74, 6) is -1.15. The van der Waals surface area contributed by atoms with Gasteiger partial charge in [-0.05, 0) is 28.1 Å². The summed E-state index contributed by atoms with van der Waals surface area (Å²) in [4.78, 5) is 10.8. The quantitative estimate of drug-likeness (QED) is 0.671. The molecular formula is C9H12BrClN2O3. The van der Waals surface area contributed by atoms with E-state index in [0.717, 1.165) is 0 Å². The van der Waals surface area contributed by atoms with Crippen LogP contribution in [0.15, 0.2) is 16.6 Å². The van der Waals surface area contributed by atoms with Crippen molar-refractivity contribution in [3.8, 4) is 5.75 Å². The molecule has 0 aliphatic carbocycles. The largest absolute Gasteiger partial charge is 0.506 e. The third kappa shape index (κ3) is 3.08. The molecule has 7 heteroatoms. The van der Waals surface area contributed by atoms with Gasteiger partial charge in [0.15, 0.2) is 0 Å². The van der Waals surface area contributed by atoms with Crippen molar-refractivity contribution >= 4 is 34.3 Å². The molecular weight excluding hydrogens is 299 g/mol. The lowest BCUT2D eigenvalue weighted by Gasteiger charge is -2.13. The smallest absolute Gasteiger partial charge is 0.335 e. The van der Waals surface area contributed by atoms with Crippen molar-refractivity contribution in [1.82, 2.24) is 0 Å². The zero-order valence-electron chi connectivity index (χ0n) is 8.18. The molecule has 0 unspecified atom stereocenters. The van der Waals surface area contributed by atoms with Gasteiger partial charge in [-0.2, -0.15) is 0 Å². The highest BCUT2D eigenvalue weighted by molar-refractivity contribution is 9.10. The molecule has 0 saturated heterocycles. The van der Waals surface area contributed by atoms with Crippen molar-refractivity contribution in [3.05, 3.63) is 27.7 Å². The van der Waals surface area contributed by atoms with E-state index in [1.165, 1.54) is 12.1 Å². The van der Waals surface area contributed by atoms with Crippen molar-refractivity contribution in [3.63, 3.8) is 0 Å². The van der Waals surface area contributed by atoms with Crippen LogP contribution in [-0.4, -0.2) is 22.7 Å². The normalized spacial score (nSPS) is 11.7. The lowest BCUT2D eigenvalue weighted by Crippen LogP contribution is -2.21. The summed E-state index contributed by atoms with van der Waals surface area (Å²) in [6.45, 7) is 0.128. The maximum absolute atomic E-state index is 10.8. The van der Waals surface area contributed by atoms with E-state index in [1.807, 2.05) is 0 Å². The number of nitrogens with two attached hydrogens (primary N) is 2. The maximum Gasteiger partial charge on any atom is 0.335 e. The molecule has 0 saturated carbocycles. The lowest BCUT2D eigenvalue weighted by molar-refractivity contribution is 0.0696. The number of hydrogen-bond donors (Lipinski definition) is 4. The first-order valence-electron chi connectivity index (χ1n) is 4.18. The second-order valence-electron chi connectivity index (χ2n) is 3.04. The Bertz CT molecular complexity index is 401. The van der Waals surface area contributed by atoms with E-state index >= 15 is 0 Å². The first kappa shape index (κ1) is 15.2. The van der Waals surface area contributed by atoms with Crippen molar-refractivity contribution in [1.29, 1.82) is 0 Å². The van der Waals surface area contributed by atoms with Crippen molar-refractivity contribution in [2.24, 2.45) is 11.5 Å². The number of carbonyl (C=O) groups is 1. The summed E-state index contributed by atoms with van der Waals surface area (Å²) in [7, 11) is 0. The van der Waals surface area contributed by atoms with Crippen LogP contribution in [0.2, 0.25) is 0 Å². The van der Waals surface area contributed by atoms with Gasteiger partial charge in [0, 0.05) is 18.2 Å². The SMILES string of the molecule is Cl.NC[C@H](N)c1cc(C(=O)O)cc(Br)c1O. The first-order chi connectivity index (χ1) is 6.97. The lowest BCUT2D eigenvalue weighted by atomic mass is 10.0. The summed E-state index contributed by atoms with van der Waals surface area (Å²) in [5.41, 5.74) is 11.4. The third-order valence-corrected chi connectivity index (χ3v) is 2.60. The Morgan fingerprint density at radius 1 is 1.50 bits per heavy atom. The van der Waals surface area contributed by atoms with Crippen LogP contribution in [-0.2, 0) is 0 Å². The Morgan fingerprint density at radius 3 is 2.50 bits per heavy atom. The molecule has 0 aliphatic heterocycles. The Balaban J connectivity index is 0.00000225. The molecule has 0 aromatic heterocycles. The van der Waals surface area contributed by atoms with E-state index in [2.05, 4.69) is 15.9 Å². The number of rotatable bonds is 3. The zero-order valence-corrected chi connectivity index (χ0v) is 10.6. The fourth-order valence-electron chi connectivity index (χ4n) is 1.15. The highest BCUT2D eigenvalue weighted by Crippen LogP contribution is 2.32. The van der Waals surface area contributed by atoms with E-state index < -0.39 is 12.0 Å². The van der Waals surface area contributed by atoms with Crippen molar-refractivity contribution in [2.45, 2.75) is 6.04 Å². The number of carboxylic acids is 1. The van der Waals surface area contributed by atoms with Crippen LogP contribution < -0.4 is 11.5 Å². The van der Waals surface area contributed by atoms with Crippen LogP contribution in [0, 0.1) is 0 Å². The first-order valence-corrected chi connectivity index (χ1v) is 4.98. The minimum Gasteiger partial charge on any atom is -0.506 e. The number of halogens is 2. The second kappa shape index (κ2) is 6.05. The number of aromatic carboxylic acids is 1. The highest BCUT2D eigenvalue weighted by atomic mass is 79.9. The average Bonchev–Trinajstić information content (AvgIpc) is 2.20. The molecule has 0 amide bonds. The number of benzene rings is 1. The monoisotopic (exact) mass is 310 g/mol. The Kier molecular flexibility index (Phi) is 5.74. The van der Waals surface area contributed by atoms with Crippen molar-refractivity contribution in [2.75, 3.05) is 6.54 Å². The van der Waals surface area contributed by atoms with E-state index in [4.69, 9.17) is 16.6 Å². The van der Waals surface area contributed by atoms with Crippen LogP contribution in [0.25, 0.3) is 0 Å². The minimum absolute atomic E-state index is 0. The zero-order chi connectivity index (χ0) is 11.6. The van der Waals surface area contributed by atoms with Crippen molar-refractivity contribution < 1.29 is 15.0 Å². The molecule has 0 aliphatic rings. The summed E-state index contributed by atoms with van der Waals surface area (Å²) in [6.07, 6.45) is 0. The Hall–Kier alpha value is -0.820. The summed E-state index contributed by atoms with van der Waals surface area (Å²) < 4.78 is 0.293. The van der Waals surface area contributed by atoms with Gasteiger partial charge in [0.2, 0.25) is 0 Å². The van der Waals surface area contributed by atoms with Gasteiger partial charge in [-0.25, -0.2) is 4.79 Å². The van der Waals surface area contributed by atoms with E-state index in [9.17, 15) is 9.90 Å². The van der Waals surface area contributed by atoms with Gasteiger partial charge >= 0.3 is 5.97 Å². The third-order valence-electron chi connectivity index (χ3n) is 1.99. The molecule has 90 valence electrons. The number of phenolic OH excluding ortho intramolecular Hbond substituents is 1. The minimum atomic E-state index is -1.08. The number of carboxylic acid groups (broad SMARTS) is 1. The van der Waals surface area contributed by atoms with Gasteiger partial charge in [-0.1, -0.05) is 0 Å². The molecule has 5 nitrogen and oxygen atoms in total. The number of aromatic hydroxyl groups is 1. The molecule has 0 heterocycles. The highest BCUT2D eigenvalue weighted by Gasteiger charge is 2.16. The van der Waals surface area contributed by atoms with Crippen LogP contribution in [0.1, 0.15) is 22.0 Å².